The maximum absolute atomic E-state index is 12.4. The lowest BCUT2D eigenvalue weighted by Crippen LogP contribution is -2.05. The molecule has 0 saturated heterocycles. The number of carbonyl (C=O) groups excluding carboxylic acids is 1. The highest BCUT2D eigenvalue weighted by Gasteiger charge is 2.08. The normalized spacial score (nSPS) is 10.3. The van der Waals surface area contributed by atoms with Crippen molar-refractivity contribution in [2.75, 3.05) is 20.3 Å². The molecule has 0 bridgehead atoms. The quantitative estimate of drug-likeness (QED) is 0.406. The third kappa shape index (κ3) is 5.35. The van der Waals surface area contributed by atoms with E-state index in [1.165, 1.54) is 0 Å². The first-order chi connectivity index (χ1) is 13.3. The SMILES string of the molecule is COc1ccc(OCCCOc2ccc(C(=O)c3ccccc3)cc2)cc1. The Balaban J connectivity index is 1.41. The van der Waals surface area contributed by atoms with Crippen LogP contribution < -0.4 is 14.2 Å². The Morgan fingerprint density at radius 1 is 0.667 bits per heavy atom. The van der Waals surface area contributed by atoms with E-state index in [1.54, 1.807) is 19.2 Å². The molecule has 0 heterocycles. The van der Waals surface area contributed by atoms with Crippen LogP contribution in [0.3, 0.4) is 0 Å². The molecular weight excluding hydrogens is 340 g/mol. The van der Waals surface area contributed by atoms with E-state index < -0.39 is 0 Å². The fourth-order valence-corrected chi connectivity index (χ4v) is 2.57. The summed E-state index contributed by atoms with van der Waals surface area (Å²) in [6.07, 6.45) is 0.761. The van der Waals surface area contributed by atoms with E-state index in [0.717, 1.165) is 23.7 Å². The first-order valence-corrected chi connectivity index (χ1v) is 8.86. The molecule has 4 heteroatoms. The number of hydrogen-bond acceptors (Lipinski definition) is 4. The van der Waals surface area contributed by atoms with E-state index in [9.17, 15) is 4.79 Å². The highest BCUT2D eigenvalue weighted by atomic mass is 16.5. The predicted octanol–water partition coefficient (Wildman–Crippen LogP) is 4.77. The molecule has 3 aromatic rings. The second-order valence-electron chi connectivity index (χ2n) is 5.95. The molecular formula is C23H22O4. The van der Waals surface area contributed by atoms with Crippen molar-refractivity contribution in [1.29, 1.82) is 0 Å². The lowest BCUT2D eigenvalue weighted by Gasteiger charge is -2.09. The van der Waals surface area contributed by atoms with Gasteiger partial charge in [-0.3, -0.25) is 4.79 Å². The average Bonchev–Trinajstić information content (AvgIpc) is 2.74. The van der Waals surface area contributed by atoms with Crippen molar-refractivity contribution in [2.24, 2.45) is 0 Å². The van der Waals surface area contributed by atoms with Crippen molar-refractivity contribution < 1.29 is 19.0 Å². The number of ether oxygens (including phenoxy) is 3. The average molecular weight is 362 g/mol. The summed E-state index contributed by atoms with van der Waals surface area (Å²) in [5, 5.41) is 0. The summed E-state index contributed by atoms with van der Waals surface area (Å²) >= 11 is 0. The van der Waals surface area contributed by atoms with Gasteiger partial charge in [-0.2, -0.15) is 0 Å². The fraction of sp³-hybridized carbons (Fsp3) is 0.174. The van der Waals surface area contributed by atoms with Crippen LogP contribution in [-0.4, -0.2) is 26.1 Å². The number of rotatable bonds is 9. The van der Waals surface area contributed by atoms with E-state index in [1.807, 2.05) is 66.7 Å². The van der Waals surface area contributed by atoms with Crippen molar-refractivity contribution >= 4 is 5.78 Å². The van der Waals surface area contributed by atoms with E-state index >= 15 is 0 Å². The predicted molar refractivity (Wildman–Crippen MR) is 105 cm³/mol. The fourth-order valence-electron chi connectivity index (χ4n) is 2.57. The summed E-state index contributed by atoms with van der Waals surface area (Å²) < 4.78 is 16.5. The van der Waals surface area contributed by atoms with Crippen LogP contribution in [0.25, 0.3) is 0 Å². The van der Waals surface area contributed by atoms with Crippen LogP contribution in [-0.2, 0) is 0 Å². The molecule has 0 fully saturated rings. The summed E-state index contributed by atoms with van der Waals surface area (Å²) in [5.41, 5.74) is 1.33. The molecule has 0 aromatic heterocycles. The number of ketones is 1. The molecule has 3 rings (SSSR count). The topological polar surface area (TPSA) is 44.8 Å². The van der Waals surface area contributed by atoms with Crippen LogP contribution >= 0.6 is 0 Å². The lowest BCUT2D eigenvalue weighted by molar-refractivity contribution is 0.103. The van der Waals surface area contributed by atoms with Crippen LogP contribution in [0.5, 0.6) is 17.2 Å². The molecule has 0 aliphatic heterocycles. The second-order valence-corrected chi connectivity index (χ2v) is 5.95. The van der Waals surface area contributed by atoms with Gasteiger partial charge in [0.1, 0.15) is 17.2 Å². The maximum atomic E-state index is 12.4. The zero-order chi connectivity index (χ0) is 18.9. The van der Waals surface area contributed by atoms with Crippen LogP contribution in [0.1, 0.15) is 22.3 Å². The van der Waals surface area contributed by atoms with Gasteiger partial charge in [0, 0.05) is 17.5 Å². The van der Waals surface area contributed by atoms with Crippen LogP contribution in [0.2, 0.25) is 0 Å². The molecule has 0 radical (unpaired) electrons. The third-order valence-electron chi connectivity index (χ3n) is 4.04. The van der Waals surface area contributed by atoms with Crippen LogP contribution in [0.4, 0.5) is 0 Å². The largest absolute Gasteiger partial charge is 0.497 e. The molecule has 27 heavy (non-hydrogen) atoms. The minimum atomic E-state index is 0.00930. The Kier molecular flexibility index (Phi) is 6.47. The number of benzene rings is 3. The van der Waals surface area contributed by atoms with E-state index in [-0.39, 0.29) is 5.78 Å². The molecule has 0 unspecified atom stereocenters. The van der Waals surface area contributed by atoms with Gasteiger partial charge in [-0.1, -0.05) is 30.3 Å². The highest BCUT2D eigenvalue weighted by Crippen LogP contribution is 2.18. The smallest absolute Gasteiger partial charge is 0.193 e. The van der Waals surface area contributed by atoms with Crippen LogP contribution in [0, 0.1) is 0 Å². The minimum Gasteiger partial charge on any atom is -0.497 e. The van der Waals surface area contributed by atoms with Gasteiger partial charge in [0.2, 0.25) is 0 Å². The van der Waals surface area contributed by atoms with Crippen molar-refractivity contribution in [2.45, 2.75) is 6.42 Å². The molecule has 138 valence electrons. The molecule has 4 nitrogen and oxygen atoms in total. The monoisotopic (exact) mass is 362 g/mol. The van der Waals surface area contributed by atoms with Gasteiger partial charge in [0.25, 0.3) is 0 Å². The molecule has 0 aliphatic rings. The van der Waals surface area contributed by atoms with Crippen molar-refractivity contribution in [3.05, 3.63) is 90.0 Å². The zero-order valence-corrected chi connectivity index (χ0v) is 15.3. The first kappa shape index (κ1) is 18.5. The first-order valence-electron chi connectivity index (χ1n) is 8.86. The summed E-state index contributed by atoms with van der Waals surface area (Å²) in [4.78, 5) is 12.4. The molecule has 3 aromatic carbocycles. The van der Waals surface area contributed by atoms with Gasteiger partial charge in [-0.15, -0.1) is 0 Å². The van der Waals surface area contributed by atoms with E-state index in [2.05, 4.69) is 0 Å². The van der Waals surface area contributed by atoms with E-state index in [0.29, 0.717) is 24.3 Å². The van der Waals surface area contributed by atoms with Gasteiger partial charge in [0.05, 0.1) is 20.3 Å². The number of carbonyl (C=O) groups is 1. The molecule has 0 amide bonds. The van der Waals surface area contributed by atoms with Crippen LogP contribution in [0.15, 0.2) is 78.9 Å². The van der Waals surface area contributed by atoms with Gasteiger partial charge in [0.15, 0.2) is 5.78 Å². The maximum Gasteiger partial charge on any atom is 0.193 e. The standard InChI is InChI=1S/C23H22O4/c1-25-20-12-14-22(15-13-20)27-17-5-16-26-21-10-8-19(9-11-21)23(24)18-6-3-2-4-7-18/h2-4,6-15H,5,16-17H2,1H3. The van der Waals surface area contributed by atoms with Gasteiger partial charge >= 0.3 is 0 Å². The second kappa shape index (κ2) is 9.43. The molecule has 0 spiro atoms. The molecule has 0 saturated carbocycles. The zero-order valence-electron chi connectivity index (χ0n) is 15.3. The highest BCUT2D eigenvalue weighted by molar-refractivity contribution is 6.08. The Morgan fingerprint density at radius 3 is 1.70 bits per heavy atom. The van der Waals surface area contributed by atoms with Crippen molar-refractivity contribution in [3.63, 3.8) is 0 Å². The summed E-state index contributed by atoms with van der Waals surface area (Å²) in [7, 11) is 1.64. The molecule has 0 N–H and O–H groups in total. The number of hydrogen-bond donors (Lipinski definition) is 0. The summed E-state index contributed by atoms with van der Waals surface area (Å²) in [5.74, 6) is 2.36. The minimum absolute atomic E-state index is 0.00930. The van der Waals surface area contributed by atoms with Gasteiger partial charge in [-0.25, -0.2) is 0 Å². The van der Waals surface area contributed by atoms with Gasteiger partial charge < -0.3 is 14.2 Å². The number of methoxy groups -OCH3 is 1. The third-order valence-corrected chi connectivity index (χ3v) is 4.04. The Morgan fingerprint density at radius 2 is 1.15 bits per heavy atom. The van der Waals surface area contributed by atoms with E-state index in [4.69, 9.17) is 14.2 Å². The van der Waals surface area contributed by atoms with Gasteiger partial charge in [-0.05, 0) is 48.5 Å². The summed E-state index contributed by atoms with van der Waals surface area (Å²) in [6, 6.07) is 23.9. The Bertz CT molecular complexity index is 840. The molecule has 0 aliphatic carbocycles. The molecule has 0 atom stereocenters. The lowest BCUT2D eigenvalue weighted by atomic mass is 10.0. The Labute approximate surface area is 159 Å². The summed E-state index contributed by atoms with van der Waals surface area (Å²) in [6.45, 7) is 1.11. The Hall–Kier alpha value is -3.27. The van der Waals surface area contributed by atoms with Crippen molar-refractivity contribution in [3.8, 4) is 17.2 Å². The van der Waals surface area contributed by atoms with Crippen molar-refractivity contribution in [1.82, 2.24) is 0 Å².